The van der Waals surface area contributed by atoms with E-state index >= 15 is 0 Å². The smallest absolute Gasteiger partial charge is 0.215 e. The Morgan fingerprint density at radius 2 is 1.76 bits per heavy atom. The van der Waals surface area contributed by atoms with Crippen molar-refractivity contribution in [2.24, 2.45) is 0 Å². The molecule has 0 fully saturated rings. The van der Waals surface area contributed by atoms with E-state index in [4.69, 9.17) is 0 Å². The Hall–Kier alpha value is -1.37. The molecule has 1 atom stereocenters. The molecule has 1 N–H and O–H groups in total. The van der Waals surface area contributed by atoms with E-state index in [1.54, 1.807) is 0 Å². The van der Waals surface area contributed by atoms with Gasteiger partial charge in [-0.3, -0.25) is 0 Å². The van der Waals surface area contributed by atoms with Crippen molar-refractivity contribution in [3.05, 3.63) is 42.5 Å². The van der Waals surface area contributed by atoms with Crippen LogP contribution in [0.15, 0.2) is 36.9 Å². The van der Waals surface area contributed by atoms with Crippen LogP contribution >= 0.6 is 0 Å². The van der Waals surface area contributed by atoms with E-state index in [1.165, 1.54) is 6.08 Å². The van der Waals surface area contributed by atoms with Crippen molar-refractivity contribution in [1.82, 2.24) is 9.62 Å². The molecule has 1 aromatic carbocycles. The number of hydrogen-bond donors (Lipinski definition) is 1. The molecular formula is C15H25N3O2S. The normalized spacial score (nSPS) is 13.2. The second-order valence-electron chi connectivity index (χ2n) is 5.38. The molecule has 1 rings (SSSR count). The van der Waals surface area contributed by atoms with Gasteiger partial charge in [0.25, 0.3) is 0 Å². The molecule has 0 heterocycles. The molecule has 0 spiro atoms. The molecule has 21 heavy (non-hydrogen) atoms. The van der Waals surface area contributed by atoms with E-state index < -0.39 is 10.0 Å². The summed E-state index contributed by atoms with van der Waals surface area (Å²) in [5.41, 5.74) is 2.19. The highest BCUT2D eigenvalue weighted by Gasteiger charge is 2.17. The summed E-state index contributed by atoms with van der Waals surface area (Å²) >= 11 is 0. The van der Waals surface area contributed by atoms with Crippen LogP contribution in [-0.2, 0) is 10.0 Å². The number of likely N-dealkylation sites (N-methyl/N-ethyl adjacent to an activating group) is 1. The third-order valence-electron chi connectivity index (χ3n) is 3.25. The fraction of sp³-hybridized carbons (Fsp3) is 0.467. The molecule has 0 saturated heterocycles. The molecule has 0 aliphatic carbocycles. The number of rotatable bonds is 8. The first-order valence-corrected chi connectivity index (χ1v) is 8.44. The topological polar surface area (TPSA) is 52.7 Å². The van der Waals surface area contributed by atoms with Gasteiger partial charge in [0.05, 0.1) is 5.75 Å². The van der Waals surface area contributed by atoms with Crippen molar-refractivity contribution < 1.29 is 8.42 Å². The number of anilines is 1. The Balaban J connectivity index is 2.85. The van der Waals surface area contributed by atoms with Crippen molar-refractivity contribution in [2.45, 2.75) is 6.04 Å². The van der Waals surface area contributed by atoms with Gasteiger partial charge in [0, 0.05) is 32.4 Å². The van der Waals surface area contributed by atoms with Crippen molar-refractivity contribution in [2.75, 3.05) is 45.4 Å². The highest BCUT2D eigenvalue weighted by Crippen LogP contribution is 2.21. The number of hydrogen-bond acceptors (Lipinski definition) is 4. The molecule has 5 nitrogen and oxygen atoms in total. The molecule has 0 saturated carbocycles. The molecule has 6 heteroatoms. The predicted octanol–water partition coefficient (Wildman–Crippen LogP) is 1.46. The first-order chi connectivity index (χ1) is 9.76. The zero-order chi connectivity index (χ0) is 16.0. The predicted molar refractivity (Wildman–Crippen MR) is 89.2 cm³/mol. The summed E-state index contributed by atoms with van der Waals surface area (Å²) in [6.07, 6.45) is 1.39. The molecule has 0 aromatic heterocycles. The fourth-order valence-corrected chi connectivity index (χ4v) is 2.85. The molecule has 0 radical (unpaired) electrons. The lowest BCUT2D eigenvalue weighted by Gasteiger charge is -2.25. The first kappa shape index (κ1) is 17.7. The third-order valence-corrected chi connectivity index (χ3v) is 4.53. The maximum Gasteiger partial charge on any atom is 0.215 e. The molecule has 0 unspecified atom stereocenters. The quantitative estimate of drug-likeness (QED) is 0.739. The average molecular weight is 311 g/mol. The van der Waals surface area contributed by atoms with Gasteiger partial charge >= 0.3 is 0 Å². The van der Waals surface area contributed by atoms with E-state index in [-0.39, 0.29) is 11.8 Å². The zero-order valence-electron chi connectivity index (χ0n) is 13.2. The molecule has 0 aliphatic rings. The SMILES string of the molecule is C=CCS(=O)(=O)NC[C@@H](c1ccc(N(C)C)cc1)N(C)C. The zero-order valence-corrected chi connectivity index (χ0v) is 14.0. The van der Waals surface area contributed by atoms with Gasteiger partial charge in [0.15, 0.2) is 0 Å². The van der Waals surface area contributed by atoms with Crippen molar-refractivity contribution >= 4 is 15.7 Å². The van der Waals surface area contributed by atoms with Crippen LogP contribution in [0.2, 0.25) is 0 Å². The van der Waals surface area contributed by atoms with Crippen molar-refractivity contribution in [3.63, 3.8) is 0 Å². The second-order valence-corrected chi connectivity index (χ2v) is 7.24. The Bertz CT molecular complexity index is 551. The Morgan fingerprint density at radius 1 is 1.19 bits per heavy atom. The summed E-state index contributed by atoms with van der Waals surface area (Å²) in [5.74, 6) is -0.0628. The maximum atomic E-state index is 11.7. The van der Waals surface area contributed by atoms with E-state index in [0.717, 1.165) is 11.3 Å². The Labute approximate surface area is 128 Å². The molecule has 1 aromatic rings. The first-order valence-electron chi connectivity index (χ1n) is 6.79. The van der Waals surface area contributed by atoms with E-state index in [2.05, 4.69) is 11.3 Å². The number of nitrogens with zero attached hydrogens (tertiary/aromatic N) is 2. The van der Waals surface area contributed by atoms with Gasteiger partial charge in [-0.2, -0.15) is 0 Å². The lowest BCUT2D eigenvalue weighted by Crippen LogP contribution is -2.35. The van der Waals surface area contributed by atoms with Crippen LogP contribution in [0.1, 0.15) is 11.6 Å². The number of nitrogens with one attached hydrogen (secondary N) is 1. The minimum atomic E-state index is -3.29. The summed E-state index contributed by atoms with van der Waals surface area (Å²) < 4.78 is 26.1. The van der Waals surface area contributed by atoms with Crippen LogP contribution < -0.4 is 9.62 Å². The number of sulfonamides is 1. The van der Waals surface area contributed by atoms with Gasteiger partial charge < -0.3 is 9.80 Å². The van der Waals surface area contributed by atoms with Crippen LogP contribution in [0.5, 0.6) is 0 Å². The van der Waals surface area contributed by atoms with Crippen LogP contribution in [0, 0.1) is 0 Å². The van der Waals surface area contributed by atoms with Crippen molar-refractivity contribution in [3.8, 4) is 0 Å². The van der Waals surface area contributed by atoms with E-state index in [1.807, 2.05) is 62.3 Å². The molecule has 0 aliphatic heterocycles. The fourth-order valence-electron chi connectivity index (χ4n) is 2.01. The van der Waals surface area contributed by atoms with Crippen LogP contribution in [0.3, 0.4) is 0 Å². The average Bonchev–Trinajstić information content (AvgIpc) is 2.38. The van der Waals surface area contributed by atoms with Crippen LogP contribution in [0.4, 0.5) is 5.69 Å². The largest absolute Gasteiger partial charge is 0.378 e. The lowest BCUT2D eigenvalue weighted by molar-refractivity contribution is 0.299. The summed E-state index contributed by atoms with van der Waals surface area (Å²) in [7, 11) is 4.56. The van der Waals surface area contributed by atoms with Crippen molar-refractivity contribution in [1.29, 1.82) is 0 Å². The molecule has 0 amide bonds. The Kier molecular flexibility index (Phi) is 6.39. The van der Waals surface area contributed by atoms with Crippen LogP contribution in [-0.4, -0.2) is 53.8 Å². The summed E-state index contributed by atoms with van der Waals surface area (Å²) in [5, 5.41) is 0. The molecular weight excluding hydrogens is 286 g/mol. The highest BCUT2D eigenvalue weighted by atomic mass is 32.2. The van der Waals surface area contributed by atoms with Gasteiger partial charge in [-0.15, -0.1) is 6.58 Å². The maximum absolute atomic E-state index is 11.7. The van der Waals surface area contributed by atoms with Gasteiger partial charge in [-0.05, 0) is 31.8 Å². The summed E-state index contributed by atoms with van der Waals surface area (Å²) in [6, 6.07) is 8.11. The molecule has 118 valence electrons. The minimum absolute atomic E-state index is 0.0131. The van der Waals surface area contributed by atoms with Gasteiger partial charge in [0.1, 0.15) is 0 Å². The monoisotopic (exact) mass is 311 g/mol. The number of benzene rings is 1. The van der Waals surface area contributed by atoms with Crippen LogP contribution in [0.25, 0.3) is 0 Å². The summed E-state index contributed by atoms with van der Waals surface area (Å²) in [4.78, 5) is 4.03. The summed E-state index contributed by atoms with van der Waals surface area (Å²) in [6.45, 7) is 3.80. The van der Waals surface area contributed by atoms with Gasteiger partial charge in [-0.1, -0.05) is 18.2 Å². The van der Waals surface area contributed by atoms with E-state index in [9.17, 15) is 8.42 Å². The Morgan fingerprint density at radius 3 is 2.19 bits per heavy atom. The van der Waals surface area contributed by atoms with E-state index in [0.29, 0.717) is 6.54 Å². The van der Waals surface area contributed by atoms with Gasteiger partial charge in [0.2, 0.25) is 10.0 Å². The highest BCUT2D eigenvalue weighted by molar-refractivity contribution is 7.89. The van der Waals surface area contributed by atoms with Gasteiger partial charge in [-0.25, -0.2) is 13.1 Å². The third kappa shape index (κ3) is 5.49. The molecule has 0 bridgehead atoms. The minimum Gasteiger partial charge on any atom is -0.378 e. The standard InChI is InChI=1S/C15H25N3O2S/c1-6-11-21(19,20)16-12-15(18(4)5)13-7-9-14(10-8-13)17(2)3/h6-10,15-16H,1,11-12H2,2-5H3/t15-/m0/s1. The second kappa shape index (κ2) is 7.59. The lowest BCUT2D eigenvalue weighted by atomic mass is 10.1.